The third-order valence-electron chi connectivity index (χ3n) is 4.42. The Morgan fingerprint density at radius 3 is 2.83 bits per heavy atom. The van der Waals surface area contributed by atoms with Gasteiger partial charge in [-0.3, -0.25) is 4.98 Å². The summed E-state index contributed by atoms with van der Waals surface area (Å²) in [4.78, 5) is 18.5. The van der Waals surface area contributed by atoms with Gasteiger partial charge in [-0.2, -0.15) is 0 Å². The maximum absolute atomic E-state index is 12.7. The third kappa shape index (κ3) is 3.55. The van der Waals surface area contributed by atoms with Crippen LogP contribution >= 0.6 is 0 Å². The van der Waals surface area contributed by atoms with E-state index in [1.165, 1.54) is 0 Å². The molecule has 0 radical (unpaired) electrons. The fourth-order valence-electron chi connectivity index (χ4n) is 3.05. The van der Waals surface area contributed by atoms with Crippen molar-refractivity contribution in [1.82, 2.24) is 9.88 Å². The molecule has 0 aromatic carbocycles. The second-order valence-electron chi connectivity index (χ2n) is 6.16. The lowest BCUT2D eigenvalue weighted by Gasteiger charge is -2.37. The van der Waals surface area contributed by atoms with Gasteiger partial charge < -0.3 is 14.6 Å². The second kappa shape index (κ2) is 6.86. The first-order valence-corrected chi connectivity index (χ1v) is 8.23. The molecule has 5 heteroatoms. The summed E-state index contributed by atoms with van der Waals surface area (Å²) in [5.74, 6) is 2.44. The Morgan fingerprint density at radius 1 is 1.35 bits per heavy atom. The Balaban J connectivity index is 1.78. The van der Waals surface area contributed by atoms with Gasteiger partial charge in [-0.1, -0.05) is 13.8 Å². The number of nitrogens with zero attached hydrogens (tertiary/aromatic N) is 2. The summed E-state index contributed by atoms with van der Waals surface area (Å²) >= 11 is 0. The maximum Gasteiger partial charge on any atom is 0.322 e. The summed E-state index contributed by atoms with van der Waals surface area (Å²) in [7, 11) is 0. The number of furan rings is 1. The van der Waals surface area contributed by atoms with Crippen LogP contribution in [0, 0.1) is 5.92 Å². The van der Waals surface area contributed by atoms with Crippen molar-refractivity contribution in [2.45, 2.75) is 39.2 Å². The predicted octanol–water partition coefficient (Wildman–Crippen LogP) is 4.24. The van der Waals surface area contributed by atoms with Gasteiger partial charge >= 0.3 is 6.03 Å². The highest BCUT2D eigenvalue weighted by molar-refractivity contribution is 5.89. The smallest absolute Gasteiger partial charge is 0.322 e. The first kappa shape index (κ1) is 15.6. The summed E-state index contributed by atoms with van der Waals surface area (Å²) in [6, 6.07) is 7.52. The minimum Gasteiger partial charge on any atom is -0.464 e. The number of hydrogen-bond donors (Lipinski definition) is 1. The Labute approximate surface area is 136 Å². The molecule has 0 spiro atoms. The van der Waals surface area contributed by atoms with Crippen LogP contribution in [-0.4, -0.2) is 22.5 Å². The van der Waals surface area contributed by atoms with E-state index in [9.17, 15) is 4.79 Å². The molecule has 2 aromatic rings. The average Bonchev–Trinajstić information content (AvgIpc) is 3.04. The molecule has 2 amide bonds. The molecule has 3 heterocycles. The van der Waals surface area contributed by atoms with E-state index in [-0.39, 0.29) is 12.1 Å². The van der Waals surface area contributed by atoms with Crippen LogP contribution < -0.4 is 5.32 Å². The molecule has 1 aliphatic rings. The van der Waals surface area contributed by atoms with Crippen molar-refractivity contribution >= 4 is 11.7 Å². The van der Waals surface area contributed by atoms with Crippen molar-refractivity contribution in [3.8, 4) is 0 Å². The SMILES string of the molecule is CCc1ccc(C2CC(C)CCN2C(=O)Nc2ccncc2)o1. The molecule has 1 saturated heterocycles. The van der Waals surface area contributed by atoms with Gasteiger partial charge in [0.2, 0.25) is 0 Å². The summed E-state index contributed by atoms with van der Waals surface area (Å²) in [6.07, 6.45) is 6.16. The third-order valence-corrected chi connectivity index (χ3v) is 4.42. The van der Waals surface area contributed by atoms with E-state index in [4.69, 9.17) is 4.42 Å². The highest BCUT2D eigenvalue weighted by Gasteiger charge is 2.33. The summed E-state index contributed by atoms with van der Waals surface area (Å²) in [6.45, 7) is 5.04. The van der Waals surface area contributed by atoms with Crippen molar-refractivity contribution in [3.05, 3.63) is 48.2 Å². The van der Waals surface area contributed by atoms with Gasteiger partial charge in [0.25, 0.3) is 0 Å². The van der Waals surface area contributed by atoms with Gasteiger partial charge in [-0.15, -0.1) is 0 Å². The number of rotatable bonds is 3. The Hall–Kier alpha value is -2.30. The molecular weight excluding hydrogens is 290 g/mol. The molecule has 2 aromatic heterocycles. The summed E-state index contributed by atoms with van der Waals surface area (Å²) < 4.78 is 5.92. The van der Waals surface area contributed by atoms with Crippen molar-refractivity contribution in [2.24, 2.45) is 5.92 Å². The normalized spacial score (nSPS) is 21.2. The van der Waals surface area contributed by atoms with E-state index in [0.717, 1.165) is 43.0 Å². The number of amides is 2. The number of hydrogen-bond acceptors (Lipinski definition) is 3. The monoisotopic (exact) mass is 313 g/mol. The Bertz CT molecular complexity index is 653. The molecule has 1 N–H and O–H groups in total. The first-order valence-electron chi connectivity index (χ1n) is 8.23. The number of pyridine rings is 1. The number of anilines is 1. The Morgan fingerprint density at radius 2 is 2.13 bits per heavy atom. The van der Waals surface area contributed by atoms with E-state index in [0.29, 0.717) is 5.92 Å². The lowest BCUT2D eigenvalue weighted by Crippen LogP contribution is -2.42. The molecule has 2 atom stereocenters. The van der Waals surface area contributed by atoms with Crippen LogP contribution in [0.3, 0.4) is 0 Å². The molecule has 0 bridgehead atoms. The van der Waals surface area contributed by atoms with Crippen LogP contribution in [0.15, 0.2) is 41.1 Å². The van der Waals surface area contributed by atoms with Crippen molar-refractivity contribution < 1.29 is 9.21 Å². The molecular formula is C18H23N3O2. The van der Waals surface area contributed by atoms with Gasteiger partial charge in [0, 0.05) is 31.0 Å². The zero-order valence-electron chi connectivity index (χ0n) is 13.7. The van der Waals surface area contributed by atoms with Crippen LogP contribution in [0.5, 0.6) is 0 Å². The van der Waals surface area contributed by atoms with Crippen molar-refractivity contribution in [2.75, 3.05) is 11.9 Å². The largest absolute Gasteiger partial charge is 0.464 e. The number of aryl methyl sites for hydroxylation is 1. The average molecular weight is 313 g/mol. The van der Waals surface area contributed by atoms with E-state index < -0.39 is 0 Å². The molecule has 0 aliphatic carbocycles. The van der Waals surface area contributed by atoms with Crippen LogP contribution in [0.1, 0.15) is 44.3 Å². The Kier molecular flexibility index (Phi) is 4.65. The highest BCUT2D eigenvalue weighted by atomic mass is 16.3. The van der Waals surface area contributed by atoms with Crippen LogP contribution in [0.2, 0.25) is 0 Å². The standard InChI is InChI=1S/C18H23N3O2/c1-3-15-4-5-17(23-15)16-12-13(2)8-11-21(16)18(22)20-14-6-9-19-10-7-14/h4-7,9-10,13,16H,3,8,11-12H2,1-2H3,(H,19,20,22). The molecule has 23 heavy (non-hydrogen) atoms. The number of likely N-dealkylation sites (tertiary alicyclic amines) is 1. The molecule has 1 fully saturated rings. The first-order chi connectivity index (χ1) is 11.2. The van der Waals surface area contributed by atoms with E-state index in [1.54, 1.807) is 24.5 Å². The number of urea groups is 1. The number of carbonyl (C=O) groups is 1. The van der Waals surface area contributed by atoms with Crippen LogP contribution in [-0.2, 0) is 6.42 Å². The van der Waals surface area contributed by atoms with Crippen molar-refractivity contribution in [1.29, 1.82) is 0 Å². The zero-order chi connectivity index (χ0) is 16.2. The topological polar surface area (TPSA) is 58.4 Å². The van der Waals surface area contributed by atoms with Crippen molar-refractivity contribution in [3.63, 3.8) is 0 Å². The minimum atomic E-state index is -0.0810. The molecule has 2 unspecified atom stereocenters. The molecule has 5 nitrogen and oxygen atoms in total. The molecule has 122 valence electrons. The fourth-order valence-corrected chi connectivity index (χ4v) is 3.05. The van der Waals surface area contributed by atoms with E-state index >= 15 is 0 Å². The number of carbonyl (C=O) groups excluding carboxylic acids is 1. The second-order valence-corrected chi connectivity index (χ2v) is 6.16. The maximum atomic E-state index is 12.7. The molecule has 0 saturated carbocycles. The number of nitrogens with one attached hydrogen (secondary N) is 1. The molecule has 1 aliphatic heterocycles. The predicted molar refractivity (Wildman–Crippen MR) is 89.2 cm³/mol. The van der Waals surface area contributed by atoms with Gasteiger partial charge in [0.15, 0.2) is 0 Å². The highest BCUT2D eigenvalue weighted by Crippen LogP contribution is 2.35. The van der Waals surface area contributed by atoms with Gasteiger partial charge in [0.05, 0.1) is 6.04 Å². The van der Waals surface area contributed by atoms with Crippen LogP contribution in [0.25, 0.3) is 0 Å². The number of piperidine rings is 1. The molecule has 3 rings (SSSR count). The quantitative estimate of drug-likeness (QED) is 0.922. The minimum absolute atomic E-state index is 0.000822. The van der Waals surface area contributed by atoms with Crippen LogP contribution in [0.4, 0.5) is 10.5 Å². The van der Waals surface area contributed by atoms with E-state index in [1.807, 2.05) is 17.0 Å². The summed E-state index contributed by atoms with van der Waals surface area (Å²) in [5, 5.41) is 2.95. The fraction of sp³-hybridized carbons (Fsp3) is 0.444. The lowest BCUT2D eigenvalue weighted by molar-refractivity contribution is 0.128. The van der Waals surface area contributed by atoms with Gasteiger partial charge in [-0.05, 0) is 43.0 Å². The summed E-state index contributed by atoms with van der Waals surface area (Å²) in [5.41, 5.74) is 0.760. The number of aromatic nitrogens is 1. The van der Waals surface area contributed by atoms with E-state index in [2.05, 4.69) is 24.1 Å². The zero-order valence-corrected chi connectivity index (χ0v) is 13.7. The van der Waals surface area contributed by atoms with Gasteiger partial charge in [-0.25, -0.2) is 4.79 Å². The van der Waals surface area contributed by atoms with Gasteiger partial charge in [0.1, 0.15) is 11.5 Å². The lowest BCUT2D eigenvalue weighted by atomic mass is 9.91.